The third-order valence-electron chi connectivity index (χ3n) is 1.52. The molecule has 0 aliphatic rings. The van der Waals surface area contributed by atoms with Gasteiger partial charge in [0.15, 0.2) is 0 Å². The molecular weight excluding hydrogens is 222 g/mol. The summed E-state index contributed by atoms with van der Waals surface area (Å²) in [6, 6.07) is 3.66. The predicted molar refractivity (Wildman–Crippen MR) is 57.7 cm³/mol. The van der Waals surface area contributed by atoms with Crippen molar-refractivity contribution in [1.82, 2.24) is 4.98 Å². The lowest BCUT2D eigenvalue weighted by Crippen LogP contribution is -1.96. The number of halogens is 1. The topological polar surface area (TPSA) is 50.2 Å². The van der Waals surface area contributed by atoms with Gasteiger partial charge in [0.25, 0.3) is 0 Å². The molecule has 0 saturated heterocycles. The Bertz CT molecular complexity index is 319. The van der Waals surface area contributed by atoms with Gasteiger partial charge in [0, 0.05) is 17.7 Å². The van der Waals surface area contributed by atoms with Crippen molar-refractivity contribution in [3.63, 3.8) is 0 Å². The molecule has 5 heteroatoms. The van der Waals surface area contributed by atoms with Gasteiger partial charge in [0.1, 0.15) is 5.15 Å². The van der Waals surface area contributed by atoms with Gasteiger partial charge in [-0.2, -0.15) is 11.8 Å². The fraction of sp³-hybridized carbons (Fsp3) is 0.333. The van der Waals surface area contributed by atoms with Crippen molar-refractivity contribution >= 4 is 29.3 Å². The summed E-state index contributed by atoms with van der Waals surface area (Å²) in [4.78, 5) is 14.1. The number of pyridine rings is 1. The first-order valence-corrected chi connectivity index (χ1v) is 5.61. The summed E-state index contributed by atoms with van der Waals surface area (Å²) >= 11 is 7.27. The number of aliphatic carboxylic acids is 1. The summed E-state index contributed by atoms with van der Waals surface area (Å²) in [5.41, 5.74) is 1.07. The van der Waals surface area contributed by atoms with E-state index in [1.54, 1.807) is 24.0 Å². The van der Waals surface area contributed by atoms with E-state index in [1.807, 2.05) is 6.07 Å². The zero-order valence-electron chi connectivity index (χ0n) is 7.44. The van der Waals surface area contributed by atoms with Gasteiger partial charge >= 0.3 is 5.97 Å². The quantitative estimate of drug-likeness (QED) is 0.625. The van der Waals surface area contributed by atoms with Crippen molar-refractivity contribution in [3.8, 4) is 0 Å². The van der Waals surface area contributed by atoms with Gasteiger partial charge in [-0.15, -0.1) is 0 Å². The maximum absolute atomic E-state index is 10.2. The lowest BCUT2D eigenvalue weighted by atomic mass is 10.3. The molecule has 0 aliphatic heterocycles. The maximum atomic E-state index is 10.2. The largest absolute Gasteiger partial charge is 0.481 e. The van der Waals surface area contributed by atoms with E-state index in [1.165, 1.54) is 0 Å². The first-order valence-electron chi connectivity index (χ1n) is 4.08. The van der Waals surface area contributed by atoms with Gasteiger partial charge < -0.3 is 5.11 Å². The molecule has 0 radical (unpaired) electrons. The highest BCUT2D eigenvalue weighted by molar-refractivity contribution is 7.98. The molecular formula is C9H10ClNO2S. The zero-order chi connectivity index (χ0) is 10.4. The van der Waals surface area contributed by atoms with Crippen molar-refractivity contribution in [2.24, 2.45) is 0 Å². The highest BCUT2D eigenvalue weighted by Gasteiger charge is 1.98. The number of carbonyl (C=O) groups is 1. The second-order valence-corrected chi connectivity index (χ2v) is 4.18. The second kappa shape index (κ2) is 5.88. The molecule has 1 heterocycles. The Morgan fingerprint density at radius 1 is 1.64 bits per heavy atom. The molecule has 0 fully saturated rings. The highest BCUT2D eigenvalue weighted by atomic mass is 35.5. The summed E-state index contributed by atoms with van der Waals surface area (Å²) in [5, 5.41) is 8.88. The smallest absolute Gasteiger partial charge is 0.304 e. The van der Waals surface area contributed by atoms with E-state index >= 15 is 0 Å². The van der Waals surface area contributed by atoms with Crippen LogP contribution in [0.5, 0.6) is 0 Å². The average Bonchev–Trinajstić information content (AvgIpc) is 2.12. The predicted octanol–water partition coefficient (Wildman–Crippen LogP) is 2.44. The van der Waals surface area contributed by atoms with E-state index in [-0.39, 0.29) is 6.42 Å². The molecule has 0 unspecified atom stereocenters. The Balaban J connectivity index is 2.28. The van der Waals surface area contributed by atoms with Gasteiger partial charge in [-0.3, -0.25) is 4.79 Å². The molecule has 0 atom stereocenters. The number of hydrogen-bond donors (Lipinski definition) is 1. The van der Waals surface area contributed by atoms with Gasteiger partial charge in [0.05, 0.1) is 6.42 Å². The molecule has 0 bridgehead atoms. The Kier molecular flexibility index (Phi) is 4.76. The lowest BCUT2D eigenvalue weighted by Gasteiger charge is -2.00. The minimum absolute atomic E-state index is 0.198. The van der Waals surface area contributed by atoms with E-state index in [2.05, 4.69) is 4.98 Å². The monoisotopic (exact) mass is 231 g/mol. The molecule has 14 heavy (non-hydrogen) atoms. The second-order valence-electron chi connectivity index (χ2n) is 2.68. The molecule has 0 aromatic carbocycles. The van der Waals surface area contributed by atoms with Crippen LogP contribution in [0.25, 0.3) is 0 Å². The Hall–Kier alpha value is -0.740. The van der Waals surface area contributed by atoms with E-state index in [0.717, 1.165) is 11.3 Å². The molecule has 1 aromatic heterocycles. The van der Waals surface area contributed by atoms with Crippen molar-refractivity contribution in [2.45, 2.75) is 12.2 Å². The van der Waals surface area contributed by atoms with Crippen molar-refractivity contribution in [3.05, 3.63) is 29.0 Å². The number of rotatable bonds is 5. The van der Waals surface area contributed by atoms with Crippen LogP contribution in [0.2, 0.25) is 5.15 Å². The Morgan fingerprint density at radius 3 is 3.07 bits per heavy atom. The fourth-order valence-electron chi connectivity index (χ4n) is 0.882. The molecule has 1 rings (SSSR count). The minimum atomic E-state index is -0.759. The summed E-state index contributed by atoms with van der Waals surface area (Å²) in [6.45, 7) is 0. The number of carboxylic acids is 1. The maximum Gasteiger partial charge on any atom is 0.304 e. The van der Waals surface area contributed by atoms with Crippen LogP contribution in [0.1, 0.15) is 12.0 Å². The summed E-state index contributed by atoms with van der Waals surface area (Å²) in [5.74, 6) is 0.635. The van der Waals surface area contributed by atoms with Crippen LogP contribution in [-0.4, -0.2) is 21.8 Å². The third kappa shape index (κ3) is 4.48. The minimum Gasteiger partial charge on any atom is -0.481 e. The van der Waals surface area contributed by atoms with E-state index in [0.29, 0.717) is 10.9 Å². The van der Waals surface area contributed by atoms with Crippen LogP contribution in [-0.2, 0) is 10.5 Å². The molecule has 1 N–H and O–H groups in total. The van der Waals surface area contributed by atoms with E-state index in [9.17, 15) is 4.79 Å². The molecule has 0 spiro atoms. The van der Waals surface area contributed by atoms with Crippen LogP contribution >= 0.6 is 23.4 Å². The van der Waals surface area contributed by atoms with Crippen molar-refractivity contribution < 1.29 is 9.90 Å². The van der Waals surface area contributed by atoms with Crippen molar-refractivity contribution in [1.29, 1.82) is 0 Å². The molecule has 0 aliphatic carbocycles. The summed E-state index contributed by atoms with van der Waals surface area (Å²) in [7, 11) is 0. The third-order valence-corrected chi connectivity index (χ3v) is 2.76. The molecule has 0 amide bonds. The normalized spacial score (nSPS) is 10.1. The summed E-state index contributed by atoms with van der Waals surface area (Å²) in [6.07, 6.45) is 1.85. The van der Waals surface area contributed by atoms with Crippen LogP contribution in [0.3, 0.4) is 0 Å². The van der Waals surface area contributed by atoms with Crippen LogP contribution in [0.15, 0.2) is 18.3 Å². The SMILES string of the molecule is O=C(O)CCSCc1ccnc(Cl)c1. The van der Waals surface area contributed by atoms with Crippen LogP contribution in [0.4, 0.5) is 0 Å². The molecule has 0 saturated carbocycles. The van der Waals surface area contributed by atoms with E-state index < -0.39 is 5.97 Å². The highest BCUT2D eigenvalue weighted by Crippen LogP contribution is 2.15. The fourth-order valence-corrected chi connectivity index (χ4v) is 1.96. The average molecular weight is 232 g/mol. The van der Waals surface area contributed by atoms with Gasteiger partial charge in [-0.25, -0.2) is 4.98 Å². The number of hydrogen-bond acceptors (Lipinski definition) is 3. The number of aromatic nitrogens is 1. The number of carboxylic acid groups (broad SMARTS) is 1. The Morgan fingerprint density at radius 2 is 2.43 bits per heavy atom. The number of nitrogens with zero attached hydrogens (tertiary/aromatic N) is 1. The van der Waals surface area contributed by atoms with Gasteiger partial charge in [0.2, 0.25) is 0 Å². The van der Waals surface area contributed by atoms with Crippen LogP contribution < -0.4 is 0 Å². The lowest BCUT2D eigenvalue weighted by molar-refractivity contribution is -0.136. The van der Waals surface area contributed by atoms with Gasteiger partial charge in [-0.05, 0) is 17.7 Å². The van der Waals surface area contributed by atoms with E-state index in [4.69, 9.17) is 16.7 Å². The standard InChI is InChI=1S/C9H10ClNO2S/c10-8-5-7(1-3-11-8)6-14-4-2-9(12)13/h1,3,5H,2,4,6H2,(H,12,13). The molecule has 1 aromatic rings. The molecule has 3 nitrogen and oxygen atoms in total. The van der Waals surface area contributed by atoms with Crippen molar-refractivity contribution in [2.75, 3.05) is 5.75 Å². The Labute approximate surface area is 91.5 Å². The first-order chi connectivity index (χ1) is 6.68. The number of thioether (sulfide) groups is 1. The van der Waals surface area contributed by atoms with Crippen LogP contribution in [0, 0.1) is 0 Å². The zero-order valence-corrected chi connectivity index (χ0v) is 9.01. The van der Waals surface area contributed by atoms with Gasteiger partial charge in [-0.1, -0.05) is 11.6 Å². The first kappa shape index (κ1) is 11.3. The molecule has 76 valence electrons. The summed E-state index contributed by atoms with van der Waals surface area (Å²) < 4.78 is 0.